The van der Waals surface area contributed by atoms with Crippen LogP contribution >= 0.6 is 0 Å². The molecule has 0 spiro atoms. The van der Waals surface area contributed by atoms with E-state index < -0.39 is 0 Å². The zero-order valence-electron chi connectivity index (χ0n) is 22.5. The van der Waals surface area contributed by atoms with Crippen molar-refractivity contribution in [2.75, 3.05) is 0 Å². The van der Waals surface area contributed by atoms with E-state index in [-0.39, 0.29) is 5.82 Å². The van der Waals surface area contributed by atoms with E-state index in [1.54, 1.807) is 0 Å². The lowest BCUT2D eigenvalue weighted by molar-refractivity contribution is 0.627. The quantitative estimate of drug-likeness (QED) is 0.218. The SMILES string of the molecule is Fc1ccc(-n2c3ccccc3c3cc(-c4ccc(-n5c6ccccc6c6oc7ccccc7c65)cc4)ccc32)cc1. The molecule has 198 valence electrons. The van der Waals surface area contributed by atoms with E-state index in [4.69, 9.17) is 4.42 Å². The van der Waals surface area contributed by atoms with E-state index in [0.29, 0.717) is 0 Å². The Morgan fingerprint density at radius 1 is 0.452 bits per heavy atom. The highest BCUT2D eigenvalue weighted by atomic mass is 19.1. The minimum Gasteiger partial charge on any atom is -0.454 e. The van der Waals surface area contributed by atoms with Crippen LogP contribution in [0.5, 0.6) is 0 Å². The van der Waals surface area contributed by atoms with Crippen molar-refractivity contribution in [1.82, 2.24) is 9.13 Å². The molecule has 42 heavy (non-hydrogen) atoms. The highest BCUT2D eigenvalue weighted by molar-refractivity contribution is 6.16. The van der Waals surface area contributed by atoms with Gasteiger partial charge in [0.05, 0.1) is 16.6 Å². The zero-order chi connectivity index (χ0) is 27.8. The van der Waals surface area contributed by atoms with Crippen LogP contribution in [-0.2, 0) is 0 Å². The van der Waals surface area contributed by atoms with Crippen LogP contribution in [0.1, 0.15) is 0 Å². The topological polar surface area (TPSA) is 23.0 Å². The second-order valence-electron chi connectivity index (χ2n) is 10.7. The monoisotopic (exact) mass is 542 g/mol. The van der Waals surface area contributed by atoms with Crippen LogP contribution in [0.2, 0.25) is 0 Å². The number of para-hydroxylation sites is 3. The number of hydrogen-bond donors (Lipinski definition) is 0. The van der Waals surface area contributed by atoms with Gasteiger partial charge in [-0.15, -0.1) is 0 Å². The lowest BCUT2D eigenvalue weighted by Crippen LogP contribution is -1.94. The summed E-state index contributed by atoms with van der Waals surface area (Å²) in [4.78, 5) is 0. The number of halogens is 1. The average molecular weight is 543 g/mol. The standard InChI is InChI=1S/C38H23FN2O/c39-26-16-20-27(21-17-26)40-33-10-4-1-7-29(33)32-23-25(15-22-35(32)40)24-13-18-28(19-14-24)41-34-11-5-2-8-30(34)38-37(41)31-9-3-6-12-36(31)42-38/h1-23H. The largest absolute Gasteiger partial charge is 0.454 e. The molecule has 0 N–H and O–H groups in total. The normalized spacial score (nSPS) is 11.9. The first-order valence-corrected chi connectivity index (χ1v) is 14.1. The number of nitrogens with zero attached hydrogens (tertiary/aromatic N) is 2. The minimum atomic E-state index is -0.236. The predicted octanol–water partition coefficient (Wildman–Crippen LogP) is 10.4. The maximum Gasteiger partial charge on any atom is 0.161 e. The molecule has 0 amide bonds. The van der Waals surface area contributed by atoms with Crippen LogP contribution in [0.15, 0.2) is 144 Å². The van der Waals surface area contributed by atoms with Gasteiger partial charge in [-0.1, -0.05) is 60.7 Å². The van der Waals surface area contributed by atoms with Gasteiger partial charge in [-0.25, -0.2) is 4.39 Å². The summed E-state index contributed by atoms with van der Waals surface area (Å²) in [7, 11) is 0. The maximum atomic E-state index is 13.7. The van der Waals surface area contributed by atoms with E-state index in [2.05, 4.69) is 106 Å². The van der Waals surface area contributed by atoms with Gasteiger partial charge < -0.3 is 13.6 Å². The number of benzene rings is 6. The van der Waals surface area contributed by atoms with Gasteiger partial charge in [-0.05, 0) is 90.0 Å². The van der Waals surface area contributed by atoms with Crippen molar-refractivity contribution in [3.8, 4) is 22.5 Å². The molecule has 3 heterocycles. The molecule has 9 rings (SSSR count). The van der Waals surface area contributed by atoms with Gasteiger partial charge in [0.1, 0.15) is 16.9 Å². The molecule has 0 atom stereocenters. The van der Waals surface area contributed by atoms with Crippen molar-refractivity contribution < 1.29 is 8.81 Å². The fourth-order valence-corrected chi connectivity index (χ4v) is 6.51. The highest BCUT2D eigenvalue weighted by Gasteiger charge is 2.19. The molecular formula is C38H23FN2O. The van der Waals surface area contributed by atoms with Crippen LogP contribution in [0.25, 0.3) is 77.3 Å². The van der Waals surface area contributed by atoms with E-state index >= 15 is 0 Å². The Hall–Kier alpha value is -5.61. The molecule has 0 aliphatic rings. The molecule has 3 aromatic heterocycles. The summed E-state index contributed by atoms with van der Waals surface area (Å²) in [6, 6.07) is 47.1. The number of hydrogen-bond acceptors (Lipinski definition) is 1. The smallest absolute Gasteiger partial charge is 0.161 e. The molecule has 4 heteroatoms. The Bertz CT molecular complexity index is 2450. The molecular weight excluding hydrogens is 519 g/mol. The van der Waals surface area contributed by atoms with Gasteiger partial charge >= 0.3 is 0 Å². The Morgan fingerprint density at radius 2 is 1.02 bits per heavy atom. The molecule has 0 aliphatic heterocycles. The first kappa shape index (κ1) is 23.1. The lowest BCUT2D eigenvalue weighted by Gasteiger charge is -2.10. The number of fused-ring (bicyclic) bond motifs is 8. The summed E-state index contributed by atoms with van der Waals surface area (Å²) >= 11 is 0. The molecule has 6 aromatic carbocycles. The van der Waals surface area contributed by atoms with Crippen LogP contribution in [0, 0.1) is 5.82 Å². The summed E-state index contributed by atoms with van der Waals surface area (Å²) in [5.41, 5.74) is 10.5. The van der Waals surface area contributed by atoms with Crippen molar-refractivity contribution >= 4 is 54.8 Å². The summed E-state index contributed by atoms with van der Waals surface area (Å²) in [5.74, 6) is -0.236. The fourth-order valence-electron chi connectivity index (χ4n) is 6.51. The number of furan rings is 1. The first-order chi connectivity index (χ1) is 20.7. The summed E-state index contributed by atoms with van der Waals surface area (Å²) in [6.07, 6.45) is 0. The Kier molecular flexibility index (Phi) is 4.79. The van der Waals surface area contributed by atoms with Crippen molar-refractivity contribution in [3.05, 3.63) is 145 Å². The van der Waals surface area contributed by atoms with Crippen molar-refractivity contribution in [2.45, 2.75) is 0 Å². The second-order valence-corrected chi connectivity index (χ2v) is 10.7. The van der Waals surface area contributed by atoms with Gasteiger partial charge in [0, 0.05) is 32.9 Å². The van der Waals surface area contributed by atoms with Crippen molar-refractivity contribution in [3.63, 3.8) is 0 Å². The van der Waals surface area contributed by atoms with Crippen molar-refractivity contribution in [1.29, 1.82) is 0 Å². The summed E-state index contributed by atoms with van der Waals surface area (Å²) in [6.45, 7) is 0. The molecule has 9 aromatic rings. The molecule has 3 nitrogen and oxygen atoms in total. The Labute approximate surface area is 240 Å². The average Bonchev–Trinajstić information content (AvgIpc) is 3.69. The van der Waals surface area contributed by atoms with Gasteiger partial charge in [-0.2, -0.15) is 0 Å². The zero-order valence-corrected chi connectivity index (χ0v) is 22.5. The van der Waals surface area contributed by atoms with Crippen LogP contribution in [0.3, 0.4) is 0 Å². The van der Waals surface area contributed by atoms with E-state index in [1.165, 1.54) is 22.9 Å². The van der Waals surface area contributed by atoms with Gasteiger partial charge in [0.25, 0.3) is 0 Å². The summed E-state index contributed by atoms with van der Waals surface area (Å²) < 4.78 is 24.5. The highest BCUT2D eigenvalue weighted by Crippen LogP contribution is 2.39. The molecule has 0 fully saturated rings. The number of aromatic nitrogens is 2. The van der Waals surface area contributed by atoms with Gasteiger partial charge in [-0.3, -0.25) is 0 Å². The summed E-state index contributed by atoms with van der Waals surface area (Å²) in [5, 5.41) is 4.55. The van der Waals surface area contributed by atoms with Crippen LogP contribution in [0.4, 0.5) is 4.39 Å². The molecule has 0 saturated carbocycles. The molecule has 0 radical (unpaired) electrons. The predicted molar refractivity (Wildman–Crippen MR) is 170 cm³/mol. The maximum absolute atomic E-state index is 13.7. The minimum absolute atomic E-state index is 0.236. The molecule has 0 unspecified atom stereocenters. The van der Waals surface area contributed by atoms with E-state index in [1.807, 2.05) is 30.3 Å². The Morgan fingerprint density at radius 3 is 1.81 bits per heavy atom. The first-order valence-electron chi connectivity index (χ1n) is 14.1. The number of rotatable bonds is 3. The lowest BCUT2D eigenvalue weighted by atomic mass is 10.0. The van der Waals surface area contributed by atoms with Gasteiger partial charge in [0.15, 0.2) is 5.58 Å². The van der Waals surface area contributed by atoms with E-state index in [9.17, 15) is 4.39 Å². The third-order valence-electron chi connectivity index (χ3n) is 8.40. The molecule has 0 saturated heterocycles. The molecule has 0 aliphatic carbocycles. The Balaban J connectivity index is 1.20. The van der Waals surface area contributed by atoms with Crippen LogP contribution in [-0.4, -0.2) is 9.13 Å². The fraction of sp³-hybridized carbons (Fsp3) is 0. The van der Waals surface area contributed by atoms with Gasteiger partial charge in [0.2, 0.25) is 0 Å². The van der Waals surface area contributed by atoms with Crippen molar-refractivity contribution in [2.24, 2.45) is 0 Å². The second kappa shape index (κ2) is 8.69. The van der Waals surface area contributed by atoms with Crippen LogP contribution < -0.4 is 0 Å². The van der Waals surface area contributed by atoms with E-state index in [0.717, 1.165) is 66.5 Å². The molecule has 0 bridgehead atoms. The third-order valence-corrected chi connectivity index (χ3v) is 8.40. The third kappa shape index (κ3) is 3.26.